The standard InChI is InChI=1S/C25H31N3O2S/c1-24(2,3)19-12-17(13-20(22(19)29)25(4,5)6)21-15-31-23(27-21)28-26-14-16-8-10-18(30-7)11-9-16/h8-15,29H,1-7H3,(H,27,28)/b26-14-. The summed E-state index contributed by atoms with van der Waals surface area (Å²) in [6, 6.07) is 11.8. The van der Waals surface area contributed by atoms with E-state index in [1.807, 2.05) is 41.8 Å². The Labute approximate surface area is 188 Å². The van der Waals surface area contributed by atoms with E-state index in [0.717, 1.165) is 33.7 Å². The van der Waals surface area contributed by atoms with E-state index in [9.17, 15) is 5.11 Å². The Morgan fingerprint density at radius 3 is 2.10 bits per heavy atom. The molecular weight excluding hydrogens is 406 g/mol. The molecule has 2 N–H and O–H groups in total. The summed E-state index contributed by atoms with van der Waals surface area (Å²) in [6.07, 6.45) is 1.75. The molecule has 164 valence electrons. The van der Waals surface area contributed by atoms with Crippen LogP contribution in [-0.4, -0.2) is 23.4 Å². The maximum absolute atomic E-state index is 10.9. The SMILES string of the molecule is COc1ccc(/C=N\Nc2nc(-c3cc(C(C)(C)C)c(O)c(C(C)(C)C)c3)cs2)cc1. The van der Waals surface area contributed by atoms with E-state index in [1.165, 1.54) is 11.3 Å². The van der Waals surface area contributed by atoms with Crippen molar-refractivity contribution in [1.82, 2.24) is 4.98 Å². The number of hydrogen-bond donors (Lipinski definition) is 2. The number of aromatic nitrogens is 1. The zero-order valence-corrected chi connectivity index (χ0v) is 20.1. The highest BCUT2D eigenvalue weighted by Gasteiger charge is 2.27. The van der Waals surface area contributed by atoms with E-state index in [0.29, 0.717) is 10.9 Å². The quantitative estimate of drug-likeness (QED) is 0.350. The van der Waals surface area contributed by atoms with Gasteiger partial charge in [0.05, 0.1) is 19.0 Å². The highest BCUT2D eigenvalue weighted by molar-refractivity contribution is 7.14. The molecule has 6 heteroatoms. The average Bonchev–Trinajstić information content (AvgIpc) is 3.16. The lowest BCUT2D eigenvalue weighted by Gasteiger charge is -2.28. The van der Waals surface area contributed by atoms with Crippen molar-refractivity contribution in [3.63, 3.8) is 0 Å². The first-order valence-corrected chi connectivity index (χ1v) is 11.1. The second-order valence-corrected chi connectivity index (χ2v) is 10.5. The van der Waals surface area contributed by atoms with Crippen molar-refractivity contribution in [3.05, 3.63) is 58.5 Å². The molecule has 3 aromatic rings. The van der Waals surface area contributed by atoms with E-state index >= 15 is 0 Å². The van der Waals surface area contributed by atoms with Crippen molar-refractivity contribution in [2.75, 3.05) is 12.5 Å². The maximum atomic E-state index is 10.9. The molecular formula is C25H31N3O2S. The Morgan fingerprint density at radius 2 is 1.58 bits per heavy atom. The number of nitrogens with zero attached hydrogens (tertiary/aromatic N) is 2. The number of anilines is 1. The highest BCUT2D eigenvalue weighted by atomic mass is 32.1. The molecule has 1 heterocycles. The van der Waals surface area contributed by atoms with E-state index in [2.05, 4.69) is 52.1 Å². The van der Waals surface area contributed by atoms with Crippen LogP contribution >= 0.6 is 11.3 Å². The fourth-order valence-corrected chi connectivity index (χ4v) is 3.90. The summed E-state index contributed by atoms with van der Waals surface area (Å²) in [4.78, 5) is 4.71. The third-order valence-electron chi connectivity index (χ3n) is 5.02. The zero-order chi connectivity index (χ0) is 22.8. The number of rotatable bonds is 5. The van der Waals surface area contributed by atoms with Crippen LogP contribution in [-0.2, 0) is 10.8 Å². The second-order valence-electron chi connectivity index (χ2n) is 9.60. The van der Waals surface area contributed by atoms with Crippen LogP contribution < -0.4 is 10.2 Å². The minimum absolute atomic E-state index is 0.181. The van der Waals surface area contributed by atoms with Gasteiger partial charge < -0.3 is 9.84 Å². The van der Waals surface area contributed by atoms with Crippen LogP contribution in [0, 0.1) is 0 Å². The van der Waals surface area contributed by atoms with Crippen molar-refractivity contribution in [2.45, 2.75) is 52.4 Å². The molecule has 2 aromatic carbocycles. The number of hydrazone groups is 1. The molecule has 0 bridgehead atoms. The minimum atomic E-state index is -0.181. The number of ether oxygens (including phenoxy) is 1. The smallest absolute Gasteiger partial charge is 0.203 e. The first kappa shape index (κ1) is 22.8. The fraction of sp³-hybridized carbons (Fsp3) is 0.360. The van der Waals surface area contributed by atoms with Gasteiger partial charge in [-0.15, -0.1) is 11.3 Å². The summed E-state index contributed by atoms with van der Waals surface area (Å²) in [5, 5.41) is 18.0. The van der Waals surface area contributed by atoms with Crippen LogP contribution in [0.25, 0.3) is 11.3 Å². The van der Waals surface area contributed by atoms with Gasteiger partial charge in [0.1, 0.15) is 11.5 Å². The number of methoxy groups -OCH3 is 1. The molecule has 0 fully saturated rings. The van der Waals surface area contributed by atoms with Gasteiger partial charge >= 0.3 is 0 Å². The normalized spacial score (nSPS) is 12.4. The molecule has 1 aromatic heterocycles. The molecule has 5 nitrogen and oxygen atoms in total. The molecule has 0 aliphatic carbocycles. The fourth-order valence-electron chi connectivity index (χ4n) is 3.24. The molecule has 0 aliphatic heterocycles. The molecule has 0 unspecified atom stereocenters. The number of aromatic hydroxyl groups is 1. The maximum Gasteiger partial charge on any atom is 0.203 e. The Kier molecular flexibility index (Phi) is 6.41. The predicted molar refractivity (Wildman–Crippen MR) is 131 cm³/mol. The molecule has 0 saturated heterocycles. The van der Waals surface area contributed by atoms with Gasteiger partial charge in [0.15, 0.2) is 0 Å². The first-order chi connectivity index (χ1) is 14.5. The van der Waals surface area contributed by atoms with Crippen LogP contribution in [0.5, 0.6) is 11.5 Å². The largest absolute Gasteiger partial charge is 0.507 e. The monoisotopic (exact) mass is 437 g/mol. The van der Waals surface area contributed by atoms with Crippen molar-refractivity contribution in [3.8, 4) is 22.8 Å². The van der Waals surface area contributed by atoms with Crippen molar-refractivity contribution in [1.29, 1.82) is 0 Å². The predicted octanol–water partition coefficient (Wildman–Crippen LogP) is 6.57. The lowest BCUT2D eigenvalue weighted by Crippen LogP contribution is -2.17. The summed E-state index contributed by atoms with van der Waals surface area (Å²) in [7, 11) is 1.65. The van der Waals surface area contributed by atoms with Crippen LogP contribution in [0.15, 0.2) is 46.9 Å². The van der Waals surface area contributed by atoms with E-state index < -0.39 is 0 Å². The lowest BCUT2D eigenvalue weighted by molar-refractivity contribution is 0.415. The summed E-state index contributed by atoms with van der Waals surface area (Å²) in [5.41, 5.74) is 7.33. The van der Waals surface area contributed by atoms with Crippen LogP contribution in [0.4, 0.5) is 5.13 Å². The summed E-state index contributed by atoms with van der Waals surface area (Å²) in [5.74, 6) is 1.19. The van der Waals surface area contributed by atoms with Gasteiger partial charge in [0.25, 0.3) is 0 Å². The van der Waals surface area contributed by atoms with Gasteiger partial charge in [-0.05, 0) is 52.8 Å². The third-order valence-corrected chi connectivity index (χ3v) is 5.76. The van der Waals surface area contributed by atoms with Crippen molar-refractivity contribution >= 4 is 22.7 Å². The van der Waals surface area contributed by atoms with Crippen molar-refractivity contribution in [2.24, 2.45) is 5.10 Å². The third kappa shape index (κ3) is 5.44. The molecule has 3 rings (SSSR count). The zero-order valence-electron chi connectivity index (χ0n) is 19.3. The summed E-state index contributed by atoms with van der Waals surface area (Å²) in [6.45, 7) is 12.7. The Hall–Kier alpha value is -2.86. The van der Waals surface area contributed by atoms with Gasteiger partial charge in [-0.1, -0.05) is 41.5 Å². The molecule has 0 radical (unpaired) electrons. The number of nitrogens with one attached hydrogen (secondary N) is 1. The van der Waals surface area contributed by atoms with Crippen molar-refractivity contribution < 1.29 is 9.84 Å². The molecule has 0 saturated carbocycles. The minimum Gasteiger partial charge on any atom is -0.507 e. The van der Waals surface area contributed by atoms with Gasteiger partial charge in [-0.3, -0.25) is 5.43 Å². The molecule has 0 spiro atoms. The number of benzene rings is 2. The first-order valence-electron chi connectivity index (χ1n) is 10.3. The number of phenolic OH excluding ortho intramolecular Hbond substituents is 1. The number of thiazole rings is 1. The van der Waals surface area contributed by atoms with Crippen LogP contribution in [0.1, 0.15) is 58.2 Å². The van der Waals surface area contributed by atoms with Gasteiger partial charge in [0, 0.05) is 22.1 Å². The highest BCUT2D eigenvalue weighted by Crippen LogP contribution is 2.42. The van der Waals surface area contributed by atoms with Crippen LogP contribution in [0.3, 0.4) is 0 Å². The van der Waals surface area contributed by atoms with E-state index in [4.69, 9.17) is 9.72 Å². The second kappa shape index (κ2) is 8.71. The summed E-state index contributed by atoms with van der Waals surface area (Å²) >= 11 is 1.50. The Bertz CT molecular complexity index is 1040. The Balaban J connectivity index is 1.86. The molecule has 0 amide bonds. The van der Waals surface area contributed by atoms with E-state index in [1.54, 1.807) is 13.3 Å². The average molecular weight is 438 g/mol. The molecule has 0 aliphatic rings. The number of phenols is 1. The topological polar surface area (TPSA) is 66.7 Å². The molecule has 0 atom stereocenters. The van der Waals surface area contributed by atoms with E-state index in [-0.39, 0.29) is 10.8 Å². The Morgan fingerprint density at radius 1 is 1.00 bits per heavy atom. The van der Waals surface area contributed by atoms with Gasteiger partial charge in [-0.2, -0.15) is 5.10 Å². The number of hydrogen-bond acceptors (Lipinski definition) is 6. The summed E-state index contributed by atoms with van der Waals surface area (Å²) < 4.78 is 5.17. The van der Waals surface area contributed by atoms with Gasteiger partial charge in [0.2, 0.25) is 5.13 Å². The lowest BCUT2D eigenvalue weighted by atomic mass is 9.78. The van der Waals surface area contributed by atoms with Crippen LogP contribution in [0.2, 0.25) is 0 Å². The van der Waals surface area contributed by atoms with Gasteiger partial charge in [-0.25, -0.2) is 4.98 Å². The molecule has 31 heavy (non-hydrogen) atoms.